The summed E-state index contributed by atoms with van der Waals surface area (Å²) >= 11 is 0. The van der Waals surface area contributed by atoms with Crippen molar-refractivity contribution in [3.63, 3.8) is 0 Å². The first-order valence-corrected chi connectivity index (χ1v) is 4.95. The Bertz CT molecular complexity index is 508. The van der Waals surface area contributed by atoms with Crippen LogP contribution >= 0.6 is 0 Å². The summed E-state index contributed by atoms with van der Waals surface area (Å²) in [5.74, 6) is -0.250. The van der Waals surface area contributed by atoms with Gasteiger partial charge in [-0.1, -0.05) is 5.21 Å². The van der Waals surface area contributed by atoms with E-state index in [0.29, 0.717) is 11.3 Å². The Balaban J connectivity index is 2.39. The summed E-state index contributed by atoms with van der Waals surface area (Å²) in [6.07, 6.45) is 0.965. The van der Waals surface area contributed by atoms with E-state index in [9.17, 15) is 9.50 Å². The van der Waals surface area contributed by atoms with Crippen LogP contribution in [0.15, 0.2) is 24.4 Å². The molecule has 2 rings (SSSR count). The van der Waals surface area contributed by atoms with Crippen LogP contribution in [0.25, 0.3) is 5.69 Å². The zero-order chi connectivity index (χ0) is 11.7. The summed E-state index contributed by atoms with van der Waals surface area (Å²) in [5.41, 5.74) is 1.76. The standard InChI is InChI=1S/C11H12FN3O/c1-7-5-9(3-4-10(7)12)15-6-11(8(2)16)13-14-15/h3-6,8,16H,1-2H3. The Labute approximate surface area is 92.3 Å². The van der Waals surface area contributed by atoms with Crippen molar-refractivity contribution >= 4 is 0 Å². The van der Waals surface area contributed by atoms with E-state index in [1.807, 2.05) is 0 Å². The van der Waals surface area contributed by atoms with E-state index in [4.69, 9.17) is 0 Å². The smallest absolute Gasteiger partial charge is 0.126 e. The molecular weight excluding hydrogens is 209 g/mol. The third-order valence-corrected chi connectivity index (χ3v) is 2.35. The quantitative estimate of drug-likeness (QED) is 0.840. The van der Waals surface area contributed by atoms with Crippen molar-refractivity contribution in [1.82, 2.24) is 15.0 Å². The molecule has 1 aromatic carbocycles. The summed E-state index contributed by atoms with van der Waals surface area (Å²) in [6.45, 7) is 3.30. The van der Waals surface area contributed by atoms with Crippen molar-refractivity contribution in [1.29, 1.82) is 0 Å². The lowest BCUT2D eigenvalue weighted by atomic mass is 10.2. The predicted molar refractivity (Wildman–Crippen MR) is 56.7 cm³/mol. The monoisotopic (exact) mass is 221 g/mol. The lowest BCUT2D eigenvalue weighted by molar-refractivity contribution is 0.194. The van der Waals surface area contributed by atoms with Crippen LogP contribution in [0.4, 0.5) is 4.39 Å². The first-order chi connectivity index (χ1) is 7.58. The SMILES string of the molecule is Cc1cc(-n2cc(C(C)O)nn2)ccc1F. The maximum atomic E-state index is 13.1. The maximum absolute atomic E-state index is 13.1. The Hall–Kier alpha value is -1.75. The average molecular weight is 221 g/mol. The molecule has 0 aliphatic carbocycles. The van der Waals surface area contributed by atoms with Crippen molar-refractivity contribution < 1.29 is 9.50 Å². The van der Waals surface area contributed by atoms with Gasteiger partial charge in [-0.2, -0.15) is 0 Å². The number of nitrogens with zero attached hydrogens (tertiary/aromatic N) is 3. The van der Waals surface area contributed by atoms with Crippen LogP contribution in [-0.2, 0) is 0 Å². The summed E-state index contributed by atoms with van der Waals surface area (Å²) in [5, 5.41) is 17.0. The molecule has 0 bridgehead atoms. The molecule has 0 saturated carbocycles. The zero-order valence-electron chi connectivity index (χ0n) is 9.05. The van der Waals surface area contributed by atoms with Gasteiger partial charge in [-0.3, -0.25) is 0 Å². The third-order valence-electron chi connectivity index (χ3n) is 2.35. The third kappa shape index (κ3) is 1.94. The van der Waals surface area contributed by atoms with Crippen LogP contribution in [0.5, 0.6) is 0 Å². The molecule has 1 unspecified atom stereocenters. The van der Waals surface area contributed by atoms with Gasteiger partial charge in [0.15, 0.2) is 0 Å². The molecule has 2 aromatic rings. The second kappa shape index (κ2) is 4.02. The highest BCUT2D eigenvalue weighted by Gasteiger charge is 2.08. The van der Waals surface area contributed by atoms with Gasteiger partial charge in [0, 0.05) is 0 Å². The zero-order valence-corrected chi connectivity index (χ0v) is 9.05. The number of benzene rings is 1. The number of aliphatic hydroxyl groups excluding tert-OH is 1. The van der Waals surface area contributed by atoms with Gasteiger partial charge in [0.2, 0.25) is 0 Å². The number of rotatable bonds is 2. The molecule has 84 valence electrons. The molecule has 0 fully saturated rings. The van der Waals surface area contributed by atoms with E-state index in [1.165, 1.54) is 10.7 Å². The van der Waals surface area contributed by atoms with Gasteiger partial charge in [0.25, 0.3) is 0 Å². The van der Waals surface area contributed by atoms with Crippen LogP contribution in [0.1, 0.15) is 24.3 Å². The molecule has 0 radical (unpaired) electrons. The second-order valence-corrected chi connectivity index (χ2v) is 3.70. The molecule has 0 aliphatic rings. The van der Waals surface area contributed by atoms with Gasteiger partial charge >= 0.3 is 0 Å². The average Bonchev–Trinajstić information content (AvgIpc) is 2.71. The highest BCUT2D eigenvalue weighted by molar-refractivity contribution is 5.35. The first kappa shape index (κ1) is 10.8. The van der Waals surface area contributed by atoms with E-state index >= 15 is 0 Å². The van der Waals surface area contributed by atoms with E-state index in [1.54, 1.807) is 32.2 Å². The molecule has 0 amide bonds. The van der Waals surface area contributed by atoms with Crippen LogP contribution in [-0.4, -0.2) is 20.1 Å². The maximum Gasteiger partial charge on any atom is 0.126 e. The fourth-order valence-corrected chi connectivity index (χ4v) is 1.37. The summed E-state index contributed by atoms with van der Waals surface area (Å²) in [7, 11) is 0. The highest BCUT2D eigenvalue weighted by Crippen LogP contribution is 2.14. The van der Waals surface area contributed by atoms with Crippen LogP contribution in [0.3, 0.4) is 0 Å². The van der Waals surface area contributed by atoms with Gasteiger partial charge in [-0.25, -0.2) is 9.07 Å². The van der Waals surface area contributed by atoms with Gasteiger partial charge in [-0.05, 0) is 37.6 Å². The summed E-state index contributed by atoms with van der Waals surface area (Å²) < 4.78 is 14.6. The molecule has 0 spiro atoms. The Kier molecular flexibility index (Phi) is 2.70. The Morgan fingerprint density at radius 3 is 2.75 bits per heavy atom. The minimum Gasteiger partial charge on any atom is -0.387 e. The minimum atomic E-state index is -0.657. The number of halogens is 1. The minimum absolute atomic E-state index is 0.250. The number of aromatic nitrogens is 3. The number of aryl methyl sites for hydroxylation is 1. The number of aliphatic hydroxyl groups is 1. The van der Waals surface area contributed by atoms with Gasteiger partial charge in [-0.15, -0.1) is 5.10 Å². The Morgan fingerprint density at radius 2 is 2.19 bits per heavy atom. The molecule has 1 heterocycles. The van der Waals surface area contributed by atoms with Crippen molar-refractivity contribution in [2.75, 3.05) is 0 Å². The topological polar surface area (TPSA) is 50.9 Å². The number of hydrogen-bond acceptors (Lipinski definition) is 3. The molecule has 5 heteroatoms. The van der Waals surface area contributed by atoms with Crippen molar-refractivity contribution in [3.05, 3.63) is 41.5 Å². The molecule has 0 saturated heterocycles. The largest absolute Gasteiger partial charge is 0.387 e. The molecule has 1 atom stereocenters. The van der Waals surface area contributed by atoms with E-state index in [2.05, 4.69) is 10.3 Å². The first-order valence-electron chi connectivity index (χ1n) is 4.95. The van der Waals surface area contributed by atoms with Crippen molar-refractivity contribution in [2.24, 2.45) is 0 Å². The highest BCUT2D eigenvalue weighted by atomic mass is 19.1. The second-order valence-electron chi connectivity index (χ2n) is 3.70. The van der Waals surface area contributed by atoms with E-state index in [-0.39, 0.29) is 5.82 Å². The fraction of sp³-hybridized carbons (Fsp3) is 0.273. The summed E-state index contributed by atoms with van der Waals surface area (Å²) in [4.78, 5) is 0. The van der Waals surface area contributed by atoms with Gasteiger partial charge in [0.05, 0.1) is 18.0 Å². The van der Waals surface area contributed by atoms with Crippen molar-refractivity contribution in [3.8, 4) is 5.69 Å². The van der Waals surface area contributed by atoms with Crippen molar-refractivity contribution in [2.45, 2.75) is 20.0 Å². The molecule has 4 nitrogen and oxygen atoms in total. The van der Waals surface area contributed by atoms with Crippen LogP contribution < -0.4 is 0 Å². The molecule has 1 aromatic heterocycles. The van der Waals surface area contributed by atoms with Crippen LogP contribution in [0, 0.1) is 12.7 Å². The van der Waals surface area contributed by atoms with Crippen LogP contribution in [0.2, 0.25) is 0 Å². The molecule has 1 N–H and O–H groups in total. The predicted octanol–water partition coefficient (Wildman–Crippen LogP) is 1.77. The number of hydrogen-bond donors (Lipinski definition) is 1. The Morgan fingerprint density at radius 1 is 1.44 bits per heavy atom. The summed E-state index contributed by atoms with van der Waals surface area (Å²) in [6, 6.07) is 4.67. The lowest BCUT2D eigenvalue weighted by Crippen LogP contribution is -1.96. The van der Waals surface area contributed by atoms with E-state index < -0.39 is 6.10 Å². The van der Waals surface area contributed by atoms with Gasteiger partial charge in [0.1, 0.15) is 11.5 Å². The molecular formula is C11H12FN3O. The van der Waals surface area contributed by atoms with Gasteiger partial charge < -0.3 is 5.11 Å². The lowest BCUT2D eigenvalue weighted by Gasteiger charge is -2.02. The van der Waals surface area contributed by atoms with E-state index in [0.717, 1.165) is 5.69 Å². The molecule has 0 aliphatic heterocycles. The fourth-order valence-electron chi connectivity index (χ4n) is 1.37. The molecule has 16 heavy (non-hydrogen) atoms. The normalized spacial score (nSPS) is 12.8.